The van der Waals surface area contributed by atoms with Crippen LogP contribution < -0.4 is 0 Å². The van der Waals surface area contributed by atoms with Crippen LogP contribution >= 0.6 is 27.5 Å². The van der Waals surface area contributed by atoms with Gasteiger partial charge in [0, 0.05) is 22.5 Å². The number of ether oxygens (including phenoxy) is 1. The Kier molecular flexibility index (Phi) is 4.42. The van der Waals surface area contributed by atoms with Crippen LogP contribution in [0, 0.1) is 0 Å². The summed E-state index contributed by atoms with van der Waals surface area (Å²) in [5.41, 5.74) is 0.630. The van der Waals surface area contributed by atoms with E-state index < -0.39 is 0 Å². The molecule has 1 fully saturated rings. The standard InChI is InChI=1S/C12H13BrClNO2/c13-7-11-8-17-5-4-15(11)12(16)9-2-1-3-10(14)6-9/h1-3,6,11H,4-5,7-8H2. The summed E-state index contributed by atoms with van der Waals surface area (Å²) < 4.78 is 5.36. The molecule has 92 valence electrons. The van der Waals surface area contributed by atoms with Crippen LogP contribution in [0.2, 0.25) is 5.02 Å². The van der Waals surface area contributed by atoms with Crippen molar-refractivity contribution in [1.29, 1.82) is 0 Å². The maximum atomic E-state index is 12.3. The molecule has 3 nitrogen and oxygen atoms in total. The second kappa shape index (κ2) is 5.85. The number of halogens is 2. The number of hydrogen-bond acceptors (Lipinski definition) is 2. The minimum absolute atomic E-state index is 0.0141. The molecule has 0 radical (unpaired) electrons. The third-order valence-electron chi connectivity index (χ3n) is 2.74. The zero-order chi connectivity index (χ0) is 12.3. The lowest BCUT2D eigenvalue weighted by atomic mass is 10.1. The Labute approximate surface area is 114 Å². The van der Waals surface area contributed by atoms with E-state index in [9.17, 15) is 4.79 Å². The van der Waals surface area contributed by atoms with E-state index >= 15 is 0 Å². The summed E-state index contributed by atoms with van der Waals surface area (Å²) in [6, 6.07) is 7.13. The fourth-order valence-electron chi connectivity index (χ4n) is 1.84. The first-order valence-corrected chi connectivity index (χ1v) is 6.92. The SMILES string of the molecule is O=C(c1cccc(Cl)c1)N1CCOCC1CBr. The van der Waals surface area contributed by atoms with Crippen molar-refractivity contribution >= 4 is 33.4 Å². The van der Waals surface area contributed by atoms with E-state index in [-0.39, 0.29) is 11.9 Å². The van der Waals surface area contributed by atoms with E-state index in [4.69, 9.17) is 16.3 Å². The lowest BCUT2D eigenvalue weighted by Gasteiger charge is -2.34. The van der Waals surface area contributed by atoms with Crippen LogP contribution in [0.3, 0.4) is 0 Å². The zero-order valence-corrected chi connectivity index (χ0v) is 11.6. The Morgan fingerprint density at radius 2 is 2.41 bits per heavy atom. The predicted octanol–water partition coefficient (Wildman–Crippen LogP) is 2.58. The molecule has 5 heteroatoms. The van der Waals surface area contributed by atoms with E-state index in [1.165, 1.54) is 0 Å². The second-order valence-corrected chi connectivity index (χ2v) is 4.98. The number of carbonyl (C=O) groups excluding carboxylic acids is 1. The molecule has 1 aromatic rings. The zero-order valence-electron chi connectivity index (χ0n) is 9.23. The predicted molar refractivity (Wildman–Crippen MR) is 70.9 cm³/mol. The van der Waals surface area contributed by atoms with Crippen LogP contribution in [0.25, 0.3) is 0 Å². The minimum Gasteiger partial charge on any atom is -0.377 e. The van der Waals surface area contributed by atoms with Gasteiger partial charge in [0.05, 0.1) is 19.3 Å². The molecule has 0 bridgehead atoms. The van der Waals surface area contributed by atoms with Gasteiger partial charge in [-0.2, -0.15) is 0 Å². The Morgan fingerprint density at radius 3 is 3.12 bits per heavy atom. The van der Waals surface area contributed by atoms with Gasteiger partial charge in [-0.25, -0.2) is 0 Å². The van der Waals surface area contributed by atoms with Crippen molar-refractivity contribution in [2.24, 2.45) is 0 Å². The van der Waals surface area contributed by atoms with Gasteiger partial charge in [0.15, 0.2) is 0 Å². The van der Waals surface area contributed by atoms with Gasteiger partial charge in [0.25, 0.3) is 5.91 Å². The molecule has 1 amide bonds. The van der Waals surface area contributed by atoms with Gasteiger partial charge < -0.3 is 9.64 Å². The number of nitrogens with zero attached hydrogens (tertiary/aromatic N) is 1. The van der Waals surface area contributed by atoms with Crippen LogP contribution in [0.5, 0.6) is 0 Å². The van der Waals surface area contributed by atoms with Crippen LogP contribution in [0.4, 0.5) is 0 Å². The third kappa shape index (κ3) is 3.00. The first-order valence-electron chi connectivity index (χ1n) is 5.42. The van der Waals surface area contributed by atoms with Crippen molar-refractivity contribution in [3.05, 3.63) is 34.9 Å². The molecule has 0 aliphatic carbocycles. The van der Waals surface area contributed by atoms with E-state index in [0.717, 1.165) is 5.33 Å². The van der Waals surface area contributed by atoms with Gasteiger partial charge in [0.2, 0.25) is 0 Å². The van der Waals surface area contributed by atoms with Gasteiger partial charge >= 0.3 is 0 Å². The lowest BCUT2D eigenvalue weighted by molar-refractivity contribution is 0.00525. The highest BCUT2D eigenvalue weighted by atomic mass is 79.9. The molecule has 1 aliphatic heterocycles. The molecule has 1 atom stereocenters. The van der Waals surface area contributed by atoms with E-state index in [1.54, 1.807) is 24.3 Å². The minimum atomic E-state index is 0.0141. The highest BCUT2D eigenvalue weighted by Crippen LogP contribution is 2.17. The molecule has 1 saturated heterocycles. The molecule has 1 aliphatic rings. The average Bonchev–Trinajstić information content (AvgIpc) is 2.38. The van der Waals surface area contributed by atoms with Crippen LogP contribution in [-0.2, 0) is 4.74 Å². The number of benzene rings is 1. The molecule has 1 aromatic carbocycles. The number of morpholine rings is 1. The first-order chi connectivity index (χ1) is 8.22. The largest absolute Gasteiger partial charge is 0.377 e. The van der Waals surface area contributed by atoms with Crippen molar-refractivity contribution in [2.75, 3.05) is 25.1 Å². The van der Waals surface area contributed by atoms with Gasteiger partial charge in [0.1, 0.15) is 0 Å². The average molecular weight is 319 g/mol. The number of carbonyl (C=O) groups is 1. The van der Waals surface area contributed by atoms with Crippen molar-refractivity contribution < 1.29 is 9.53 Å². The van der Waals surface area contributed by atoms with Gasteiger partial charge in [-0.05, 0) is 18.2 Å². The topological polar surface area (TPSA) is 29.5 Å². The second-order valence-electron chi connectivity index (χ2n) is 3.89. The van der Waals surface area contributed by atoms with E-state index in [0.29, 0.717) is 30.3 Å². The highest BCUT2D eigenvalue weighted by molar-refractivity contribution is 9.09. The molecule has 2 rings (SSSR count). The molecular formula is C12H13BrClNO2. The van der Waals surface area contributed by atoms with Gasteiger partial charge in [-0.15, -0.1) is 0 Å². The smallest absolute Gasteiger partial charge is 0.254 e. The normalized spacial score (nSPS) is 20.4. The van der Waals surface area contributed by atoms with Gasteiger partial charge in [-0.3, -0.25) is 4.79 Å². The molecule has 17 heavy (non-hydrogen) atoms. The molecule has 0 saturated carbocycles. The van der Waals surface area contributed by atoms with Crippen molar-refractivity contribution in [1.82, 2.24) is 4.90 Å². The Bertz CT molecular complexity index is 413. The summed E-state index contributed by atoms with van der Waals surface area (Å²) in [5.74, 6) is 0.0141. The highest BCUT2D eigenvalue weighted by Gasteiger charge is 2.27. The third-order valence-corrected chi connectivity index (χ3v) is 3.72. The number of hydrogen-bond donors (Lipinski definition) is 0. The summed E-state index contributed by atoms with van der Waals surface area (Å²) in [5, 5.41) is 1.30. The van der Waals surface area contributed by atoms with Crippen molar-refractivity contribution in [3.63, 3.8) is 0 Å². The number of alkyl halides is 1. The Balaban J connectivity index is 2.18. The fraction of sp³-hybridized carbons (Fsp3) is 0.417. The number of rotatable bonds is 2. The summed E-state index contributed by atoms with van der Waals surface area (Å²) >= 11 is 9.30. The van der Waals surface area contributed by atoms with Gasteiger partial charge in [-0.1, -0.05) is 33.6 Å². The molecule has 1 heterocycles. The molecule has 0 spiro atoms. The number of amides is 1. The summed E-state index contributed by atoms with van der Waals surface area (Å²) in [7, 11) is 0. The summed E-state index contributed by atoms with van der Waals surface area (Å²) in [6.07, 6.45) is 0. The Hall–Kier alpha value is -0.580. The monoisotopic (exact) mass is 317 g/mol. The molecule has 0 aromatic heterocycles. The first kappa shape index (κ1) is 12.9. The van der Waals surface area contributed by atoms with Crippen LogP contribution in [0.1, 0.15) is 10.4 Å². The van der Waals surface area contributed by atoms with Crippen molar-refractivity contribution in [3.8, 4) is 0 Å². The summed E-state index contributed by atoms with van der Waals surface area (Å²) in [6.45, 7) is 1.80. The van der Waals surface area contributed by atoms with E-state index in [1.807, 2.05) is 4.90 Å². The summed E-state index contributed by atoms with van der Waals surface area (Å²) in [4.78, 5) is 14.1. The Morgan fingerprint density at radius 1 is 1.59 bits per heavy atom. The molecular weight excluding hydrogens is 305 g/mol. The van der Waals surface area contributed by atoms with E-state index in [2.05, 4.69) is 15.9 Å². The maximum absolute atomic E-state index is 12.3. The van der Waals surface area contributed by atoms with Crippen LogP contribution in [0.15, 0.2) is 24.3 Å². The molecule has 0 N–H and O–H groups in total. The van der Waals surface area contributed by atoms with Crippen molar-refractivity contribution in [2.45, 2.75) is 6.04 Å². The maximum Gasteiger partial charge on any atom is 0.254 e. The van der Waals surface area contributed by atoms with Crippen LogP contribution in [-0.4, -0.2) is 41.9 Å². The quantitative estimate of drug-likeness (QED) is 0.784. The molecule has 1 unspecified atom stereocenters. The lowest BCUT2D eigenvalue weighted by Crippen LogP contribution is -2.49. The fourth-order valence-corrected chi connectivity index (χ4v) is 2.56.